The molecule has 0 unspecified atom stereocenters. The maximum atomic E-state index is 6.51. The van der Waals surface area contributed by atoms with E-state index in [0.717, 1.165) is 23.7 Å². The summed E-state index contributed by atoms with van der Waals surface area (Å²) < 4.78 is 13.0. The summed E-state index contributed by atoms with van der Waals surface area (Å²) in [6.45, 7) is 8.71. The number of hydrogen-bond acceptors (Lipinski definition) is 2. The summed E-state index contributed by atoms with van der Waals surface area (Å²) in [6, 6.07) is 0. The molecule has 0 saturated heterocycles. The minimum absolute atomic E-state index is 0.258. The molecule has 0 heterocycles. The maximum absolute atomic E-state index is 6.51. The van der Waals surface area contributed by atoms with Gasteiger partial charge in [0.05, 0.1) is 12.2 Å². The van der Waals surface area contributed by atoms with Gasteiger partial charge in [0, 0.05) is 22.3 Å². The molecule has 2 nitrogen and oxygen atoms in total. The summed E-state index contributed by atoms with van der Waals surface area (Å²) in [4.78, 5) is 0. The van der Waals surface area contributed by atoms with E-state index in [-0.39, 0.29) is 12.2 Å². The smallest absolute Gasteiger partial charge is 0.127 e. The van der Waals surface area contributed by atoms with E-state index >= 15 is 0 Å². The van der Waals surface area contributed by atoms with E-state index in [1.54, 1.807) is 22.3 Å². The van der Waals surface area contributed by atoms with Crippen molar-refractivity contribution in [1.29, 1.82) is 0 Å². The number of rotatable bonds is 4. The van der Waals surface area contributed by atoms with Crippen LogP contribution in [-0.4, -0.2) is 12.2 Å². The summed E-state index contributed by atoms with van der Waals surface area (Å²) in [5.74, 6) is 5.47. The Balaban J connectivity index is 1.78. The molecule has 1 aromatic rings. The van der Waals surface area contributed by atoms with Crippen molar-refractivity contribution >= 4 is 0 Å². The van der Waals surface area contributed by atoms with Gasteiger partial charge < -0.3 is 9.47 Å². The fraction of sp³-hybridized carbons (Fsp3) is 0.727. The second kappa shape index (κ2) is 5.16. The van der Waals surface area contributed by atoms with E-state index in [1.165, 1.54) is 50.0 Å². The highest BCUT2D eigenvalue weighted by Gasteiger charge is 2.49. The predicted molar refractivity (Wildman–Crippen MR) is 96.6 cm³/mol. The third kappa shape index (κ3) is 1.95. The molecule has 0 radical (unpaired) electrons. The van der Waals surface area contributed by atoms with Crippen molar-refractivity contribution in [3.05, 3.63) is 22.3 Å². The molecular formula is C22H30O2. The second-order valence-corrected chi connectivity index (χ2v) is 9.06. The lowest BCUT2D eigenvalue weighted by atomic mass is 9.81. The lowest BCUT2D eigenvalue weighted by Crippen LogP contribution is -2.18. The van der Waals surface area contributed by atoms with Gasteiger partial charge in [0.1, 0.15) is 11.5 Å². The first-order valence-electron chi connectivity index (χ1n) is 10.1. The minimum Gasteiger partial charge on any atom is -0.490 e. The number of ether oxygens (including phenoxy) is 2. The van der Waals surface area contributed by atoms with Crippen LogP contribution in [0, 0.1) is 0 Å². The Hall–Kier alpha value is -1.18. The Kier molecular flexibility index (Phi) is 3.25. The standard InChI is InChI=1S/C22H30O2/c1-11(2)23-21-17-13-5-7-15(9-13)19(17)22(24-12(3)4)20-16-8-6-14(10-16)18(20)21/h11-16H,5-10H2,1-4H3/t13-,14+,15+,16-. The average molecular weight is 326 g/mol. The van der Waals surface area contributed by atoms with Crippen molar-refractivity contribution in [1.82, 2.24) is 0 Å². The zero-order chi connectivity index (χ0) is 16.6. The first-order chi connectivity index (χ1) is 11.5. The van der Waals surface area contributed by atoms with E-state index in [2.05, 4.69) is 27.7 Å². The van der Waals surface area contributed by atoms with E-state index in [9.17, 15) is 0 Å². The molecule has 5 rings (SSSR count). The van der Waals surface area contributed by atoms with Crippen molar-refractivity contribution in [2.45, 2.75) is 102 Å². The normalized spacial score (nSPS) is 31.9. The summed E-state index contributed by atoms with van der Waals surface area (Å²) in [5.41, 5.74) is 6.23. The lowest BCUT2D eigenvalue weighted by Gasteiger charge is -2.31. The van der Waals surface area contributed by atoms with E-state index in [1.807, 2.05) is 0 Å². The Morgan fingerprint density at radius 2 is 0.875 bits per heavy atom. The zero-order valence-corrected chi connectivity index (χ0v) is 15.5. The molecule has 4 bridgehead atoms. The van der Waals surface area contributed by atoms with Crippen LogP contribution in [0.4, 0.5) is 0 Å². The van der Waals surface area contributed by atoms with Crippen LogP contribution in [0.5, 0.6) is 11.5 Å². The number of hydrogen-bond donors (Lipinski definition) is 0. The zero-order valence-electron chi connectivity index (χ0n) is 15.5. The van der Waals surface area contributed by atoms with Crippen molar-refractivity contribution in [3.8, 4) is 11.5 Å². The molecule has 0 spiro atoms. The molecule has 0 aliphatic heterocycles. The number of fused-ring (bicyclic) bond motifs is 10. The van der Waals surface area contributed by atoms with Gasteiger partial charge in [-0.1, -0.05) is 0 Å². The molecule has 130 valence electrons. The molecule has 4 aliphatic rings. The third-order valence-electron chi connectivity index (χ3n) is 6.76. The van der Waals surface area contributed by atoms with Crippen LogP contribution in [-0.2, 0) is 0 Å². The van der Waals surface area contributed by atoms with Crippen LogP contribution >= 0.6 is 0 Å². The molecular weight excluding hydrogens is 296 g/mol. The van der Waals surface area contributed by atoms with Crippen LogP contribution in [0.1, 0.15) is 112 Å². The quantitative estimate of drug-likeness (QED) is 0.676. The van der Waals surface area contributed by atoms with Gasteiger partial charge in [-0.15, -0.1) is 0 Å². The molecule has 4 atom stereocenters. The maximum Gasteiger partial charge on any atom is 0.127 e. The van der Waals surface area contributed by atoms with Gasteiger partial charge in [0.25, 0.3) is 0 Å². The SMILES string of the molecule is CC(C)Oc1c2c(c(OC(C)C)c3c1[C@H]1CC[C@@H]3C1)[C@H]1CC[C@@H]2C1. The third-order valence-corrected chi connectivity index (χ3v) is 6.76. The van der Waals surface area contributed by atoms with Crippen molar-refractivity contribution < 1.29 is 9.47 Å². The van der Waals surface area contributed by atoms with Gasteiger partial charge >= 0.3 is 0 Å². The second-order valence-electron chi connectivity index (χ2n) is 9.06. The van der Waals surface area contributed by atoms with Crippen LogP contribution in [0.3, 0.4) is 0 Å². The molecule has 1 aromatic carbocycles. The van der Waals surface area contributed by atoms with Gasteiger partial charge in [-0.3, -0.25) is 0 Å². The minimum atomic E-state index is 0.258. The molecule has 0 amide bonds. The molecule has 0 aromatic heterocycles. The van der Waals surface area contributed by atoms with E-state index in [4.69, 9.17) is 9.47 Å². The Bertz CT molecular complexity index is 584. The van der Waals surface area contributed by atoms with Gasteiger partial charge in [0.2, 0.25) is 0 Å². The summed E-state index contributed by atoms with van der Waals surface area (Å²) >= 11 is 0. The van der Waals surface area contributed by atoms with Crippen molar-refractivity contribution in [2.24, 2.45) is 0 Å². The average Bonchev–Trinajstić information content (AvgIpc) is 3.27. The monoisotopic (exact) mass is 326 g/mol. The Labute approximate surface area is 145 Å². The summed E-state index contributed by atoms with van der Waals surface area (Å²) in [6.07, 6.45) is 8.56. The van der Waals surface area contributed by atoms with E-state index < -0.39 is 0 Å². The van der Waals surface area contributed by atoms with Gasteiger partial charge in [-0.05, 0) is 89.9 Å². The largest absolute Gasteiger partial charge is 0.490 e. The molecule has 0 N–H and O–H groups in total. The summed E-state index contributed by atoms with van der Waals surface area (Å²) in [5, 5.41) is 0. The first-order valence-corrected chi connectivity index (χ1v) is 10.1. The van der Waals surface area contributed by atoms with E-state index in [0.29, 0.717) is 0 Å². The molecule has 24 heavy (non-hydrogen) atoms. The fourth-order valence-corrected chi connectivity index (χ4v) is 6.14. The highest BCUT2D eigenvalue weighted by molar-refractivity contribution is 5.68. The highest BCUT2D eigenvalue weighted by atomic mass is 16.5. The van der Waals surface area contributed by atoms with Gasteiger partial charge in [-0.25, -0.2) is 0 Å². The Morgan fingerprint density at radius 1 is 0.583 bits per heavy atom. The first kappa shape index (κ1) is 15.1. The van der Waals surface area contributed by atoms with Gasteiger partial charge in [0.15, 0.2) is 0 Å². The van der Waals surface area contributed by atoms with Crippen molar-refractivity contribution in [2.75, 3.05) is 0 Å². The predicted octanol–water partition coefficient (Wildman–Crippen LogP) is 5.99. The van der Waals surface area contributed by atoms with Gasteiger partial charge in [-0.2, -0.15) is 0 Å². The lowest BCUT2D eigenvalue weighted by molar-refractivity contribution is 0.225. The topological polar surface area (TPSA) is 18.5 Å². The molecule has 2 heteroatoms. The Morgan fingerprint density at radius 3 is 1.12 bits per heavy atom. The summed E-state index contributed by atoms with van der Waals surface area (Å²) in [7, 11) is 0. The van der Waals surface area contributed by atoms with Crippen LogP contribution < -0.4 is 9.47 Å². The fourth-order valence-electron chi connectivity index (χ4n) is 6.14. The number of benzene rings is 1. The van der Waals surface area contributed by atoms with Crippen LogP contribution in [0.2, 0.25) is 0 Å². The molecule has 2 fully saturated rings. The van der Waals surface area contributed by atoms with Crippen LogP contribution in [0.25, 0.3) is 0 Å². The van der Waals surface area contributed by atoms with Crippen LogP contribution in [0.15, 0.2) is 0 Å². The molecule has 4 aliphatic carbocycles. The molecule has 2 saturated carbocycles. The highest BCUT2D eigenvalue weighted by Crippen LogP contribution is 2.67. The van der Waals surface area contributed by atoms with Crippen molar-refractivity contribution in [3.63, 3.8) is 0 Å².